The fourth-order valence-electron chi connectivity index (χ4n) is 4.50. The number of carbonyl (C=O) groups excluding carboxylic acids is 2. The Labute approximate surface area is 209 Å². The minimum Gasteiger partial charge on any atom is -0.493 e. The van der Waals surface area contributed by atoms with Crippen LogP contribution in [0.1, 0.15) is 41.6 Å². The monoisotopic (exact) mass is 495 g/mol. The van der Waals surface area contributed by atoms with Gasteiger partial charge in [-0.15, -0.1) is 0 Å². The summed E-state index contributed by atoms with van der Waals surface area (Å²) in [5.41, 5.74) is 1.04. The smallest absolute Gasteiger partial charge is 0.306 e. The highest BCUT2D eigenvalue weighted by Gasteiger charge is 2.29. The van der Waals surface area contributed by atoms with Crippen molar-refractivity contribution < 1.29 is 38.4 Å². The van der Waals surface area contributed by atoms with Crippen LogP contribution in [0.4, 0.5) is 0 Å². The summed E-state index contributed by atoms with van der Waals surface area (Å²) >= 11 is 0. The number of para-hydroxylation sites is 1. The summed E-state index contributed by atoms with van der Waals surface area (Å²) in [5, 5.41) is 11.9. The molecule has 1 fully saturated rings. The van der Waals surface area contributed by atoms with Crippen molar-refractivity contribution in [3.05, 3.63) is 53.3 Å². The fraction of sp³-hybridized carbons (Fsp3) is 0.370. The number of ketones is 1. The van der Waals surface area contributed by atoms with Gasteiger partial charge in [0, 0.05) is 18.2 Å². The quantitative estimate of drug-likeness (QED) is 0.505. The number of carboxylic acid groups (broad SMARTS) is 1. The molecule has 4 rings (SSSR count). The molecule has 190 valence electrons. The standard InChI is InChI=1S/C27H29NO8/c1-33-21-5-3-4-18(26(21)34-2)12-23-25(30)20-11-10-19(13-22(20)36-23)35-15-24(29)28-14-16-6-8-17(9-7-16)27(31)32/h3-5,10-13,16-17H,6-9,14-15H2,1-2H3,(H,28,29)(H,31,32). The lowest BCUT2D eigenvalue weighted by Crippen LogP contribution is -2.35. The number of hydrogen-bond acceptors (Lipinski definition) is 7. The molecule has 2 aliphatic rings. The number of benzene rings is 2. The van der Waals surface area contributed by atoms with Crippen LogP contribution in [0.15, 0.2) is 42.2 Å². The van der Waals surface area contributed by atoms with Gasteiger partial charge >= 0.3 is 5.97 Å². The second-order valence-corrected chi connectivity index (χ2v) is 8.83. The van der Waals surface area contributed by atoms with Gasteiger partial charge in [0.05, 0.1) is 25.7 Å². The Morgan fingerprint density at radius 2 is 1.89 bits per heavy atom. The number of Topliss-reactive ketones (excluding diaryl/α,β-unsaturated/α-hetero) is 1. The molecule has 0 atom stereocenters. The van der Waals surface area contributed by atoms with Crippen molar-refractivity contribution in [1.82, 2.24) is 5.32 Å². The lowest BCUT2D eigenvalue weighted by atomic mass is 9.82. The normalized spacial score (nSPS) is 19.8. The first-order valence-electron chi connectivity index (χ1n) is 11.8. The van der Waals surface area contributed by atoms with Crippen molar-refractivity contribution >= 4 is 23.7 Å². The van der Waals surface area contributed by atoms with Gasteiger partial charge in [-0.25, -0.2) is 0 Å². The molecule has 2 aromatic rings. The number of ether oxygens (including phenoxy) is 4. The van der Waals surface area contributed by atoms with E-state index in [0.717, 1.165) is 12.8 Å². The lowest BCUT2D eigenvalue weighted by molar-refractivity contribution is -0.143. The van der Waals surface area contributed by atoms with Crippen molar-refractivity contribution in [2.75, 3.05) is 27.4 Å². The first kappa shape index (κ1) is 25.1. The minimum absolute atomic E-state index is 0.143. The Balaban J connectivity index is 1.32. The van der Waals surface area contributed by atoms with Gasteiger partial charge in [-0.3, -0.25) is 14.4 Å². The maximum absolute atomic E-state index is 12.8. The Bertz CT molecular complexity index is 1180. The van der Waals surface area contributed by atoms with Gasteiger partial charge in [-0.05, 0) is 55.9 Å². The molecule has 9 nitrogen and oxygen atoms in total. The lowest BCUT2D eigenvalue weighted by Gasteiger charge is -2.26. The molecule has 0 radical (unpaired) electrons. The molecule has 0 saturated heterocycles. The Kier molecular flexibility index (Phi) is 7.77. The van der Waals surface area contributed by atoms with E-state index < -0.39 is 5.97 Å². The summed E-state index contributed by atoms with van der Waals surface area (Å²) in [6, 6.07) is 10.1. The molecule has 0 bridgehead atoms. The van der Waals surface area contributed by atoms with Crippen LogP contribution in [0, 0.1) is 11.8 Å². The van der Waals surface area contributed by atoms with Crippen molar-refractivity contribution in [3.63, 3.8) is 0 Å². The first-order chi connectivity index (χ1) is 17.4. The molecule has 2 N–H and O–H groups in total. The molecule has 1 amide bonds. The summed E-state index contributed by atoms with van der Waals surface area (Å²) in [6.45, 7) is 0.319. The van der Waals surface area contributed by atoms with Gasteiger partial charge in [0.2, 0.25) is 5.78 Å². The Morgan fingerprint density at radius 3 is 2.58 bits per heavy atom. The van der Waals surface area contributed by atoms with Crippen LogP contribution >= 0.6 is 0 Å². The zero-order valence-electron chi connectivity index (χ0n) is 20.2. The fourth-order valence-corrected chi connectivity index (χ4v) is 4.50. The number of fused-ring (bicyclic) bond motifs is 1. The summed E-state index contributed by atoms with van der Waals surface area (Å²) < 4.78 is 22.1. The second-order valence-electron chi connectivity index (χ2n) is 8.83. The van der Waals surface area contributed by atoms with Gasteiger partial charge < -0.3 is 29.4 Å². The van der Waals surface area contributed by atoms with Crippen LogP contribution in [0.3, 0.4) is 0 Å². The Hall–Kier alpha value is -4.01. The van der Waals surface area contributed by atoms with E-state index in [2.05, 4.69) is 5.32 Å². The summed E-state index contributed by atoms with van der Waals surface area (Å²) in [4.78, 5) is 36.1. The third-order valence-corrected chi connectivity index (χ3v) is 6.52. The molecule has 2 aromatic carbocycles. The van der Waals surface area contributed by atoms with Crippen LogP contribution in [0.2, 0.25) is 0 Å². The highest BCUT2D eigenvalue weighted by molar-refractivity contribution is 6.14. The Morgan fingerprint density at radius 1 is 1.11 bits per heavy atom. The topological polar surface area (TPSA) is 120 Å². The molecule has 36 heavy (non-hydrogen) atoms. The largest absolute Gasteiger partial charge is 0.493 e. The number of carboxylic acids is 1. The third kappa shape index (κ3) is 5.62. The van der Waals surface area contributed by atoms with E-state index in [4.69, 9.17) is 24.1 Å². The average molecular weight is 496 g/mol. The molecule has 1 heterocycles. The predicted molar refractivity (Wildman–Crippen MR) is 131 cm³/mol. The molecule has 9 heteroatoms. The van der Waals surface area contributed by atoms with E-state index in [0.29, 0.717) is 53.5 Å². The van der Waals surface area contributed by atoms with Gasteiger partial charge in [0.1, 0.15) is 11.5 Å². The molecule has 1 aliphatic carbocycles. The van der Waals surface area contributed by atoms with Gasteiger partial charge in [0.25, 0.3) is 5.91 Å². The third-order valence-electron chi connectivity index (χ3n) is 6.52. The van der Waals surface area contributed by atoms with Crippen LogP contribution in [-0.2, 0) is 9.59 Å². The van der Waals surface area contributed by atoms with Gasteiger partial charge in [-0.2, -0.15) is 0 Å². The number of amides is 1. The summed E-state index contributed by atoms with van der Waals surface area (Å²) in [7, 11) is 3.06. The SMILES string of the molecule is COc1cccc(C=C2Oc3cc(OCC(=O)NCC4CCC(C(=O)O)CC4)ccc3C2=O)c1OC. The maximum Gasteiger partial charge on any atom is 0.306 e. The van der Waals surface area contributed by atoms with E-state index in [9.17, 15) is 14.4 Å². The van der Waals surface area contributed by atoms with Crippen molar-refractivity contribution in [1.29, 1.82) is 0 Å². The summed E-state index contributed by atoms with van der Waals surface area (Å²) in [5.74, 6) is 0.647. The molecule has 0 aromatic heterocycles. The molecular weight excluding hydrogens is 466 g/mol. The maximum atomic E-state index is 12.8. The van der Waals surface area contributed by atoms with Crippen molar-refractivity contribution in [2.45, 2.75) is 25.7 Å². The number of carbonyl (C=O) groups is 3. The predicted octanol–water partition coefficient (Wildman–Crippen LogP) is 3.71. The number of aliphatic carboxylic acids is 1. The molecule has 1 saturated carbocycles. The van der Waals surface area contributed by atoms with E-state index in [1.807, 2.05) is 0 Å². The average Bonchev–Trinajstić information content (AvgIpc) is 3.20. The highest BCUT2D eigenvalue weighted by Crippen LogP contribution is 2.37. The van der Waals surface area contributed by atoms with E-state index >= 15 is 0 Å². The van der Waals surface area contributed by atoms with E-state index in [-0.39, 0.29) is 35.9 Å². The van der Waals surface area contributed by atoms with Gasteiger partial charge in [0.15, 0.2) is 23.9 Å². The van der Waals surface area contributed by atoms with Crippen molar-refractivity contribution in [3.8, 4) is 23.0 Å². The molecule has 0 unspecified atom stereocenters. The van der Waals surface area contributed by atoms with Crippen molar-refractivity contribution in [2.24, 2.45) is 11.8 Å². The number of nitrogens with one attached hydrogen (secondary N) is 1. The van der Waals surface area contributed by atoms with Crippen LogP contribution in [0.25, 0.3) is 6.08 Å². The van der Waals surface area contributed by atoms with E-state index in [1.165, 1.54) is 14.2 Å². The second kappa shape index (κ2) is 11.2. The number of rotatable bonds is 9. The van der Waals surface area contributed by atoms with Gasteiger partial charge in [-0.1, -0.05) is 12.1 Å². The highest BCUT2D eigenvalue weighted by atomic mass is 16.5. The number of hydrogen-bond donors (Lipinski definition) is 2. The zero-order chi connectivity index (χ0) is 25.7. The van der Waals surface area contributed by atoms with Crippen LogP contribution in [0.5, 0.6) is 23.0 Å². The van der Waals surface area contributed by atoms with E-state index in [1.54, 1.807) is 42.5 Å². The van der Waals surface area contributed by atoms with Crippen LogP contribution in [-0.4, -0.2) is 50.1 Å². The molecule has 1 aliphatic heterocycles. The molecular formula is C27H29NO8. The minimum atomic E-state index is -0.742. The number of methoxy groups -OCH3 is 2. The molecule has 0 spiro atoms. The zero-order valence-corrected chi connectivity index (χ0v) is 20.2. The number of allylic oxidation sites excluding steroid dienone is 1. The first-order valence-corrected chi connectivity index (χ1v) is 11.8. The van der Waals surface area contributed by atoms with Crippen LogP contribution < -0.4 is 24.3 Å². The summed E-state index contributed by atoms with van der Waals surface area (Å²) in [6.07, 6.45) is 4.45.